The van der Waals surface area contributed by atoms with Gasteiger partial charge in [-0.25, -0.2) is 9.18 Å². The highest BCUT2D eigenvalue weighted by Gasteiger charge is 2.36. The number of amides is 1. The number of methoxy groups -OCH3 is 1. The highest BCUT2D eigenvalue weighted by atomic mass is 19.1. The number of halogens is 1. The van der Waals surface area contributed by atoms with E-state index in [9.17, 15) is 9.18 Å². The Kier molecular flexibility index (Phi) is 3.83. The van der Waals surface area contributed by atoms with Gasteiger partial charge in [0, 0.05) is 30.8 Å². The van der Waals surface area contributed by atoms with E-state index in [0.29, 0.717) is 18.7 Å². The van der Waals surface area contributed by atoms with Gasteiger partial charge >= 0.3 is 6.09 Å². The minimum atomic E-state index is -0.514. The average molecular weight is 282 g/mol. The monoisotopic (exact) mass is 282 g/mol. The molecular weight excluding hydrogens is 263 g/mol. The van der Waals surface area contributed by atoms with Crippen LogP contribution >= 0.6 is 0 Å². The van der Waals surface area contributed by atoms with E-state index < -0.39 is 11.4 Å². The summed E-state index contributed by atoms with van der Waals surface area (Å²) in [7, 11) is 1.42. The second-order valence-corrected chi connectivity index (χ2v) is 5.83. The first kappa shape index (κ1) is 14.6. The Morgan fingerprint density at radius 2 is 2.05 bits per heavy atom. The Balaban J connectivity index is 2.00. The van der Waals surface area contributed by atoms with E-state index in [-0.39, 0.29) is 17.8 Å². The first-order chi connectivity index (χ1) is 9.31. The molecule has 20 heavy (non-hydrogen) atoms. The third kappa shape index (κ3) is 3.00. The number of likely N-dealkylation sites (tertiary alicyclic amines) is 1. The molecule has 0 bridgehead atoms. The third-order valence-electron chi connectivity index (χ3n) is 3.06. The first-order valence-electron chi connectivity index (χ1n) is 6.47. The number of aromatic nitrogens is 1. The molecule has 1 amide bonds. The number of rotatable bonds is 2. The molecule has 1 fully saturated rings. The zero-order valence-electron chi connectivity index (χ0n) is 12.1. The number of hydrogen-bond donors (Lipinski definition) is 0. The third-order valence-corrected chi connectivity index (χ3v) is 3.06. The number of ether oxygens (including phenoxy) is 2. The van der Waals surface area contributed by atoms with Crippen LogP contribution in [0.15, 0.2) is 12.4 Å². The molecule has 2 rings (SSSR count). The number of hydrogen-bond acceptors (Lipinski definition) is 4. The van der Waals surface area contributed by atoms with Crippen molar-refractivity contribution in [2.24, 2.45) is 0 Å². The summed E-state index contributed by atoms with van der Waals surface area (Å²) in [6.45, 7) is 6.43. The highest BCUT2D eigenvalue weighted by molar-refractivity contribution is 5.69. The molecule has 1 aliphatic heterocycles. The first-order valence-corrected chi connectivity index (χ1v) is 6.47. The Morgan fingerprint density at radius 1 is 1.40 bits per heavy atom. The molecule has 2 heterocycles. The summed E-state index contributed by atoms with van der Waals surface area (Å²) in [5.74, 6) is -0.254. The van der Waals surface area contributed by atoms with E-state index >= 15 is 0 Å². The van der Waals surface area contributed by atoms with Crippen molar-refractivity contribution in [1.82, 2.24) is 9.88 Å². The smallest absolute Gasteiger partial charge is 0.410 e. The van der Waals surface area contributed by atoms with Crippen LogP contribution in [0.4, 0.5) is 9.18 Å². The van der Waals surface area contributed by atoms with Crippen LogP contribution in [0.2, 0.25) is 0 Å². The van der Waals surface area contributed by atoms with Gasteiger partial charge in [-0.3, -0.25) is 4.98 Å². The van der Waals surface area contributed by atoms with Gasteiger partial charge in [0.2, 0.25) is 0 Å². The summed E-state index contributed by atoms with van der Waals surface area (Å²) < 4.78 is 23.9. The van der Waals surface area contributed by atoms with E-state index in [4.69, 9.17) is 9.47 Å². The van der Waals surface area contributed by atoms with Gasteiger partial charge < -0.3 is 14.4 Å². The lowest BCUT2D eigenvalue weighted by Gasteiger charge is -2.40. The summed E-state index contributed by atoms with van der Waals surface area (Å²) in [4.78, 5) is 17.2. The summed E-state index contributed by atoms with van der Waals surface area (Å²) in [5.41, 5.74) is 0.174. The summed E-state index contributed by atoms with van der Waals surface area (Å²) in [6, 6.07) is 0. The van der Waals surface area contributed by atoms with Crippen molar-refractivity contribution in [2.45, 2.75) is 32.3 Å². The largest absolute Gasteiger partial charge is 0.493 e. The molecule has 0 aromatic carbocycles. The van der Waals surface area contributed by atoms with Crippen molar-refractivity contribution >= 4 is 6.09 Å². The fourth-order valence-electron chi connectivity index (χ4n) is 2.10. The molecule has 1 aromatic rings. The normalized spacial score (nSPS) is 15.8. The lowest BCUT2D eigenvalue weighted by molar-refractivity contribution is 0.00795. The van der Waals surface area contributed by atoms with Crippen molar-refractivity contribution in [1.29, 1.82) is 0 Å². The SMILES string of the molecule is COc1c(F)cncc1C1CN(C(=O)OC(C)(C)C)C1. The van der Waals surface area contributed by atoms with Gasteiger partial charge in [0.05, 0.1) is 13.3 Å². The average Bonchev–Trinajstić information content (AvgIpc) is 2.24. The van der Waals surface area contributed by atoms with Gasteiger partial charge in [-0.2, -0.15) is 0 Å². The van der Waals surface area contributed by atoms with Crippen LogP contribution in [0, 0.1) is 5.82 Å². The molecule has 0 N–H and O–H groups in total. The van der Waals surface area contributed by atoms with Gasteiger partial charge in [0.1, 0.15) is 5.60 Å². The van der Waals surface area contributed by atoms with E-state index in [1.807, 2.05) is 20.8 Å². The lowest BCUT2D eigenvalue weighted by atomic mass is 9.92. The van der Waals surface area contributed by atoms with Gasteiger partial charge in [-0.05, 0) is 20.8 Å². The van der Waals surface area contributed by atoms with Crippen LogP contribution in [0.5, 0.6) is 5.75 Å². The van der Waals surface area contributed by atoms with Crippen molar-refractivity contribution < 1.29 is 18.7 Å². The van der Waals surface area contributed by atoms with E-state index in [1.165, 1.54) is 7.11 Å². The molecule has 6 heteroatoms. The van der Waals surface area contributed by atoms with Gasteiger partial charge in [0.15, 0.2) is 11.6 Å². The second-order valence-electron chi connectivity index (χ2n) is 5.83. The quantitative estimate of drug-likeness (QED) is 0.836. The van der Waals surface area contributed by atoms with Gasteiger partial charge in [-0.15, -0.1) is 0 Å². The Bertz CT molecular complexity index is 508. The highest BCUT2D eigenvalue weighted by Crippen LogP contribution is 2.34. The fourth-order valence-corrected chi connectivity index (χ4v) is 2.10. The standard InChI is InChI=1S/C14H19FN2O3/c1-14(2,3)20-13(18)17-7-9(8-17)10-5-16-6-11(15)12(10)19-4/h5-6,9H,7-8H2,1-4H3. The molecule has 0 aliphatic carbocycles. The van der Waals surface area contributed by atoms with Crippen LogP contribution in [0.25, 0.3) is 0 Å². The number of nitrogens with zero attached hydrogens (tertiary/aromatic N) is 2. The van der Waals surface area contributed by atoms with Crippen molar-refractivity contribution in [2.75, 3.05) is 20.2 Å². The molecule has 0 atom stereocenters. The molecule has 5 nitrogen and oxygen atoms in total. The molecule has 0 saturated carbocycles. The number of pyridine rings is 1. The number of carbonyl (C=O) groups excluding carboxylic acids is 1. The maximum atomic E-state index is 13.6. The Morgan fingerprint density at radius 3 is 2.60 bits per heavy atom. The van der Waals surface area contributed by atoms with Gasteiger partial charge in [-0.1, -0.05) is 0 Å². The maximum Gasteiger partial charge on any atom is 0.410 e. The minimum absolute atomic E-state index is 0.0284. The zero-order valence-corrected chi connectivity index (χ0v) is 12.1. The summed E-state index contributed by atoms with van der Waals surface area (Å²) >= 11 is 0. The van der Waals surface area contributed by atoms with E-state index in [2.05, 4.69) is 4.98 Å². The summed E-state index contributed by atoms with van der Waals surface area (Å²) in [6.07, 6.45) is 2.35. The topological polar surface area (TPSA) is 51.7 Å². The van der Waals surface area contributed by atoms with Gasteiger partial charge in [0.25, 0.3) is 0 Å². The zero-order chi connectivity index (χ0) is 14.9. The van der Waals surface area contributed by atoms with Crippen molar-refractivity contribution in [3.05, 3.63) is 23.8 Å². The van der Waals surface area contributed by atoms with Crippen LogP contribution in [-0.4, -0.2) is 41.8 Å². The van der Waals surface area contributed by atoms with Crippen LogP contribution < -0.4 is 4.74 Å². The molecule has 0 unspecified atom stereocenters. The van der Waals surface area contributed by atoms with Crippen LogP contribution in [0.3, 0.4) is 0 Å². The molecule has 1 aliphatic rings. The maximum absolute atomic E-state index is 13.6. The predicted octanol–water partition coefficient (Wildman–Crippen LogP) is 2.56. The molecule has 0 spiro atoms. The Hall–Kier alpha value is -1.85. The lowest BCUT2D eigenvalue weighted by Crippen LogP contribution is -2.50. The van der Waals surface area contributed by atoms with Crippen molar-refractivity contribution in [3.8, 4) is 5.75 Å². The van der Waals surface area contributed by atoms with Crippen LogP contribution in [0.1, 0.15) is 32.3 Å². The molecule has 0 radical (unpaired) electrons. The molecule has 1 aromatic heterocycles. The molecular formula is C14H19FN2O3. The van der Waals surface area contributed by atoms with E-state index in [1.54, 1.807) is 11.1 Å². The summed E-state index contributed by atoms with van der Waals surface area (Å²) in [5, 5.41) is 0. The molecule has 110 valence electrons. The second kappa shape index (κ2) is 5.26. The number of carbonyl (C=O) groups is 1. The Labute approximate surface area is 117 Å². The fraction of sp³-hybridized carbons (Fsp3) is 0.571. The van der Waals surface area contributed by atoms with Crippen molar-refractivity contribution in [3.63, 3.8) is 0 Å². The van der Waals surface area contributed by atoms with Crippen LogP contribution in [-0.2, 0) is 4.74 Å². The van der Waals surface area contributed by atoms with E-state index in [0.717, 1.165) is 6.20 Å². The predicted molar refractivity (Wildman–Crippen MR) is 71.3 cm³/mol. The minimum Gasteiger partial charge on any atom is -0.493 e. The molecule has 1 saturated heterocycles.